The van der Waals surface area contributed by atoms with E-state index in [0.717, 1.165) is 6.07 Å². The maximum absolute atomic E-state index is 13.6. The van der Waals surface area contributed by atoms with Gasteiger partial charge in [0, 0.05) is 25.5 Å². The van der Waals surface area contributed by atoms with E-state index in [9.17, 15) is 12.8 Å². The molecule has 0 aliphatic heterocycles. The number of aryl methyl sites for hydroxylation is 2. The number of sulfonamides is 1. The van der Waals surface area contributed by atoms with E-state index in [2.05, 4.69) is 9.82 Å². The summed E-state index contributed by atoms with van der Waals surface area (Å²) in [6, 6.07) is 5.82. The molecule has 7 heteroatoms. The van der Waals surface area contributed by atoms with Crippen molar-refractivity contribution in [3.8, 4) is 0 Å². The maximum atomic E-state index is 13.6. The van der Waals surface area contributed by atoms with Crippen LogP contribution in [-0.4, -0.2) is 24.7 Å². The molecule has 1 N–H and O–H groups in total. The van der Waals surface area contributed by atoms with Crippen molar-refractivity contribution in [1.29, 1.82) is 0 Å². The number of hydrogen-bond acceptors (Lipinski definition) is 3. The molecule has 0 fully saturated rings. The highest BCUT2D eigenvalue weighted by atomic mass is 32.2. The van der Waals surface area contributed by atoms with Crippen molar-refractivity contribution < 1.29 is 12.8 Å². The third-order valence-electron chi connectivity index (χ3n) is 2.79. The molecule has 2 aromatic rings. The molecule has 0 spiro atoms. The molecule has 0 radical (unpaired) electrons. The fourth-order valence-electron chi connectivity index (χ4n) is 1.77. The number of aromatic nitrogens is 2. The van der Waals surface area contributed by atoms with E-state index in [0.29, 0.717) is 18.5 Å². The quantitative estimate of drug-likeness (QED) is 0.825. The Morgan fingerprint density at radius 1 is 1.40 bits per heavy atom. The molecule has 0 saturated carbocycles. The van der Waals surface area contributed by atoms with Crippen LogP contribution in [0.1, 0.15) is 12.0 Å². The van der Waals surface area contributed by atoms with Gasteiger partial charge in [-0.2, -0.15) is 5.10 Å². The molecule has 20 heavy (non-hydrogen) atoms. The first-order chi connectivity index (χ1) is 9.49. The number of halogens is 1. The molecule has 1 aromatic carbocycles. The Labute approximate surface area is 117 Å². The number of nitrogens with zero attached hydrogens (tertiary/aromatic N) is 2. The summed E-state index contributed by atoms with van der Waals surface area (Å²) in [5.41, 5.74) is 0.698. The first-order valence-electron chi connectivity index (χ1n) is 6.22. The molecule has 108 valence electrons. The zero-order valence-corrected chi connectivity index (χ0v) is 11.9. The molecule has 0 aliphatic rings. The smallest absolute Gasteiger partial charge is 0.243 e. The van der Waals surface area contributed by atoms with Crippen LogP contribution in [0.25, 0.3) is 0 Å². The zero-order chi connectivity index (χ0) is 14.6. The second kappa shape index (κ2) is 6.15. The van der Waals surface area contributed by atoms with Crippen LogP contribution in [0.4, 0.5) is 4.39 Å². The van der Waals surface area contributed by atoms with Gasteiger partial charge < -0.3 is 0 Å². The second-order valence-corrected chi connectivity index (χ2v) is 6.19. The molecule has 1 aromatic heterocycles. The predicted molar refractivity (Wildman–Crippen MR) is 73.2 cm³/mol. The Balaban J connectivity index is 1.95. The van der Waals surface area contributed by atoms with Gasteiger partial charge in [-0.3, -0.25) is 4.68 Å². The summed E-state index contributed by atoms with van der Waals surface area (Å²) in [4.78, 5) is -0.309. The van der Waals surface area contributed by atoms with Crippen molar-refractivity contribution in [2.75, 3.05) is 6.54 Å². The lowest BCUT2D eigenvalue weighted by Gasteiger charge is -2.08. The van der Waals surface area contributed by atoms with E-state index in [1.807, 2.05) is 0 Å². The lowest BCUT2D eigenvalue weighted by atomic mass is 10.2. The molecule has 0 bridgehead atoms. The molecule has 2 rings (SSSR count). The first kappa shape index (κ1) is 14.7. The summed E-state index contributed by atoms with van der Waals surface area (Å²) >= 11 is 0. The highest BCUT2D eigenvalue weighted by Crippen LogP contribution is 2.15. The number of hydrogen-bond donors (Lipinski definition) is 1. The highest BCUT2D eigenvalue weighted by Gasteiger charge is 2.18. The average molecular weight is 297 g/mol. The molecule has 0 aliphatic carbocycles. The summed E-state index contributed by atoms with van der Waals surface area (Å²) in [6.07, 6.45) is 4.04. The van der Waals surface area contributed by atoms with Crippen LogP contribution in [0.2, 0.25) is 0 Å². The monoisotopic (exact) mass is 297 g/mol. The third-order valence-corrected chi connectivity index (χ3v) is 4.27. The van der Waals surface area contributed by atoms with Crippen LogP contribution in [0.5, 0.6) is 0 Å². The topological polar surface area (TPSA) is 64.0 Å². The van der Waals surface area contributed by atoms with Crippen molar-refractivity contribution in [1.82, 2.24) is 14.5 Å². The van der Waals surface area contributed by atoms with Gasteiger partial charge in [0.25, 0.3) is 0 Å². The average Bonchev–Trinajstić information content (AvgIpc) is 2.90. The van der Waals surface area contributed by atoms with Crippen LogP contribution in [-0.2, 0) is 16.6 Å². The number of benzene rings is 1. The normalized spacial score (nSPS) is 11.7. The van der Waals surface area contributed by atoms with E-state index in [-0.39, 0.29) is 11.4 Å². The van der Waals surface area contributed by atoms with Crippen LogP contribution in [0, 0.1) is 12.7 Å². The summed E-state index contributed by atoms with van der Waals surface area (Å²) in [5.74, 6) is -0.741. The van der Waals surface area contributed by atoms with Gasteiger partial charge in [0.2, 0.25) is 10.0 Å². The second-order valence-electron chi connectivity index (χ2n) is 4.45. The fourth-order valence-corrected chi connectivity index (χ4v) is 3.01. The standard InChI is InChI=1S/C13H16FN3O2S/c1-11-4-5-12(14)13(10-11)20(18,19)16-7-3-9-17-8-2-6-15-17/h2,4-6,8,10,16H,3,7,9H2,1H3. The lowest BCUT2D eigenvalue weighted by molar-refractivity contribution is 0.541. The lowest BCUT2D eigenvalue weighted by Crippen LogP contribution is -2.26. The van der Waals surface area contributed by atoms with Gasteiger partial charge in [-0.15, -0.1) is 0 Å². The number of nitrogens with one attached hydrogen (secondary N) is 1. The Kier molecular flexibility index (Phi) is 4.51. The largest absolute Gasteiger partial charge is 0.273 e. The Hall–Kier alpha value is -1.73. The van der Waals surface area contributed by atoms with Crippen molar-refractivity contribution in [2.24, 2.45) is 0 Å². The van der Waals surface area contributed by atoms with Gasteiger partial charge in [-0.05, 0) is 37.1 Å². The summed E-state index contributed by atoms with van der Waals surface area (Å²) in [7, 11) is -3.81. The van der Waals surface area contributed by atoms with Gasteiger partial charge in [-0.1, -0.05) is 6.07 Å². The summed E-state index contributed by atoms with van der Waals surface area (Å²) in [5, 5.41) is 4.01. The van der Waals surface area contributed by atoms with Crippen LogP contribution in [0.15, 0.2) is 41.6 Å². The van der Waals surface area contributed by atoms with Crippen molar-refractivity contribution in [3.05, 3.63) is 48.0 Å². The third kappa shape index (κ3) is 3.64. The van der Waals surface area contributed by atoms with Gasteiger partial charge >= 0.3 is 0 Å². The summed E-state index contributed by atoms with van der Waals surface area (Å²) in [6.45, 7) is 2.55. The minimum absolute atomic E-state index is 0.232. The van der Waals surface area contributed by atoms with E-state index >= 15 is 0 Å². The molecule has 5 nitrogen and oxygen atoms in total. The molecule has 0 unspecified atom stereocenters. The molecule has 0 amide bonds. The maximum Gasteiger partial charge on any atom is 0.243 e. The van der Waals surface area contributed by atoms with Crippen molar-refractivity contribution in [3.63, 3.8) is 0 Å². The highest BCUT2D eigenvalue weighted by molar-refractivity contribution is 7.89. The van der Waals surface area contributed by atoms with E-state index < -0.39 is 15.8 Å². The van der Waals surface area contributed by atoms with E-state index in [1.165, 1.54) is 12.1 Å². The van der Waals surface area contributed by atoms with Crippen LogP contribution >= 0.6 is 0 Å². The molecule has 0 saturated heterocycles. The Morgan fingerprint density at radius 3 is 2.90 bits per heavy atom. The molecular formula is C13H16FN3O2S. The molecular weight excluding hydrogens is 281 g/mol. The van der Waals surface area contributed by atoms with Gasteiger partial charge in [-0.25, -0.2) is 17.5 Å². The minimum atomic E-state index is -3.81. The van der Waals surface area contributed by atoms with Gasteiger partial charge in [0.15, 0.2) is 0 Å². The zero-order valence-electron chi connectivity index (χ0n) is 11.1. The van der Waals surface area contributed by atoms with Gasteiger partial charge in [0.1, 0.15) is 10.7 Å². The first-order valence-corrected chi connectivity index (χ1v) is 7.70. The minimum Gasteiger partial charge on any atom is -0.273 e. The summed E-state index contributed by atoms with van der Waals surface area (Å²) < 4.78 is 41.7. The van der Waals surface area contributed by atoms with Crippen molar-refractivity contribution in [2.45, 2.75) is 24.8 Å². The van der Waals surface area contributed by atoms with Crippen LogP contribution in [0.3, 0.4) is 0 Å². The van der Waals surface area contributed by atoms with Gasteiger partial charge in [0.05, 0.1) is 0 Å². The molecule has 1 heterocycles. The van der Waals surface area contributed by atoms with E-state index in [1.54, 1.807) is 30.1 Å². The Bertz CT molecular complexity index is 669. The van der Waals surface area contributed by atoms with Crippen molar-refractivity contribution >= 4 is 10.0 Å². The SMILES string of the molecule is Cc1ccc(F)c(S(=O)(=O)NCCCn2cccn2)c1. The van der Waals surface area contributed by atoms with Crippen LogP contribution < -0.4 is 4.72 Å². The fraction of sp³-hybridized carbons (Fsp3) is 0.308. The number of rotatable bonds is 6. The Morgan fingerprint density at radius 2 is 2.20 bits per heavy atom. The van der Waals surface area contributed by atoms with E-state index in [4.69, 9.17) is 0 Å². The molecule has 0 atom stereocenters. The predicted octanol–water partition coefficient (Wildman–Crippen LogP) is 1.70.